The van der Waals surface area contributed by atoms with Gasteiger partial charge in [-0.05, 0) is 63.6 Å². The van der Waals surface area contributed by atoms with Gasteiger partial charge in [-0.15, -0.1) is 0 Å². The van der Waals surface area contributed by atoms with Gasteiger partial charge >= 0.3 is 0 Å². The van der Waals surface area contributed by atoms with Crippen LogP contribution in [0.1, 0.15) is 65.9 Å². The number of aromatic nitrogens is 6. The second kappa shape index (κ2) is 15.3. The third-order valence-electron chi connectivity index (χ3n) is 10.1. The Hall–Kier alpha value is -3.73. The van der Waals surface area contributed by atoms with Crippen LogP contribution in [0.2, 0.25) is 0 Å². The first-order chi connectivity index (χ1) is 23.9. The van der Waals surface area contributed by atoms with Gasteiger partial charge < -0.3 is 35.9 Å². The lowest BCUT2D eigenvalue weighted by atomic mass is 9.95. The maximum absolute atomic E-state index is 12.5. The van der Waals surface area contributed by atoms with Crippen molar-refractivity contribution < 1.29 is 19.7 Å². The first-order valence-electron chi connectivity index (χ1n) is 17.9. The molecule has 3 aromatic heterocycles. The average molecular weight is 692 g/mol. The summed E-state index contributed by atoms with van der Waals surface area (Å²) in [5, 5.41) is 25.3. The summed E-state index contributed by atoms with van der Waals surface area (Å²) in [6, 6.07) is 6.08. The lowest BCUT2D eigenvalue weighted by Gasteiger charge is -2.40. The van der Waals surface area contributed by atoms with E-state index in [1.54, 1.807) is 4.57 Å². The number of aliphatic hydroxyl groups is 2. The quantitative estimate of drug-likeness (QED) is 0.138. The minimum absolute atomic E-state index is 0.0287. The van der Waals surface area contributed by atoms with Crippen molar-refractivity contribution in [2.24, 2.45) is 5.41 Å². The van der Waals surface area contributed by atoms with E-state index in [0.29, 0.717) is 30.3 Å². The van der Waals surface area contributed by atoms with Crippen LogP contribution in [0.25, 0.3) is 22.2 Å². The fraction of sp³-hybridized carbons (Fsp3) is 0.629. The highest BCUT2D eigenvalue weighted by molar-refractivity contribution is 5.96. The normalized spacial score (nSPS) is 22.4. The molecule has 272 valence electrons. The van der Waals surface area contributed by atoms with Gasteiger partial charge in [-0.3, -0.25) is 19.2 Å². The molecule has 6 rings (SSSR count). The summed E-state index contributed by atoms with van der Waals surface area (Å²) in [6.45, 7) is 17.0. The fourth-order valence-electron chi connectivity index (χ4n) is 7.05. The number of likely N-dealkylation sites (tertiary alicyclic amines) is 1. The van der Waals surface area contributed by atoms with E-state index in [-0.39, 0.29) is 11.7 Å². The van der Waals surface area contributed by atoms with Crippen molar-refractivity contribution >= 4 is 39.6 Å². The van der Waals surface area contributed by atoms with Crippen LogP contribution in [-0.4, -0.2) is 130 Å². The zero-order valence-corrected chi connectivity index (χ0v) is 29.9. The van der Waals surface area contributed by atoms with Gasteiger partial charge in [0.1, 0.15) is 36.0 Å². The standard InChI is InChI=1S/C35H53N11O4/c1-6-43(7-2)13-8-14-45(18-26-29(47)30(48)33(50-26)46-21-39-28-31(36)37-20-38-32(28)46)23-11-15-44(16-12-23)19-27-41-24-10-9-22(17-25(24)42-27)40-34(49)35(3,4)5/h9-10,17,20-21,23,26,29-30,33,47-48H,6-8,11-16,18-19H2,1-5H3,(H,40,49)(H,41,42)(H2,36,37,38)/t26-,29-,30-,33-/m1/s1. The lowest BCUT2D eigenvalue weighted by molar-refractivity contribution is -0.123. The third-order valence-corrected chi connectivity index (χ3v) is 10.1. The molecule has 0 bridgehead atoms. The second-order valence-corrected chi connectivity index (χ2v) is 14.6. The molecule has 2 aliphatic heterocycles. The van der Waals surface area contributed by atoms with Crippen LogP contribution in [0.5, 0.6) is 0 Å². The SMILES string of the molecule is CCN(CC)CCCN(C[C@H]1O[C@@H](n2cnc3c(N)ncnc32)[C@H](O)[C@@H]1O)C1CCN(Cc2nc3ccc(NC(=O)C(C)(C)C)cc3[nH]2)CC1. The average Bonchev–Trinajstić information content (AvgIpc) is 3.78. The van der Waals surface area contributed by atoms with E-state index in [4.69, 9.17) is 15.5 Å². The zero-order chi connectivity index (χ0) is 35.6. The van der Waals surface area contributed by atoms with Crippen LogP contribution < -0.4 is 11.1 Å². The predicted octanol–water partition coefficient (Wildman–Crippen LogP) is 2.59. The molecule has 15 heteroatoms. The Morgan fingerprint density at radius 1 is 1.10 bits per heavy atom. The molecule has 2 fully saturated rings. The highest BCUT2D eigenvalue weighted by Crippen LogP contribution is 2.33. The van der Waals surface area contributed by atoms with E-state index in [0.717, 1.165) is 81.1 Å². The molecular formula is C35H53N11O4. The highest BCUT2D eigenvalue weighted by Gasteiger charge is 2.45. The number of amides is 1. The molecular weight excluding hydrogens is 638 g/mol. The number of fused-ring (bicyclic) bond motifs is 2. The van der Waals surface area contributed by atoms with Gasteiger partial charge in [0.25, 0.3) is 0 Å². The number of imidazole rings is 2. The van der Waals surface area contributed by atoms with E-state index in [1.807, 2.05) is 39.0 Å². The molecule has 15 nitrogen and oxygen atoms in total. The number of benzene rings is 1. The number of aliphatic hydroxyl groups excluding tert-OH is 2. The number of nitrogens with two attached hydrogens (primary N) is 1. The molecule has 5 heterocycles. The number of carbonyl (C=O) groups excluding carboxylic acids is 1. The number of anilines is 2. The van der Waals surface area contributed by atoms with Crippen LogP contribution in [0.3, 0.4) is 0 Å². The van der Waals surface area contributed by atoms with Gasteiger partial charge in [0.05, 0.1) is 23.9 Å². The molecule has 0 radical (unpaired) electrons. The summed E-state index contributed by atoms with van der Waals surface area (Å²) in [5.74, 6) is 1.12. The number of ether oxygens (including phenoxy) is 1. The number of hydrogen-bond acceptors (Lipinski definition) is 12. The third kappa shape index (κ3) is 7.92. The van der Waals surface area contributed by atoms with Crippen LogP contribution in [0.4, 0.5) is 11.5 Å². The van der Waals surface area contributed by atoms with Crippen molar-refractivity contribution in [2.45, 2.75) is 91.0 Å². The summed E-state index contributed by atoms with van der Waals surface area (Å²) >= 11 is 0. The van der Waals surface area contributed by atoms with Gasteiger partial charge in [0, 0.05) is 36.8 Å². The number of piperidine rings is 1. The maximum atomic E-state index is 12.5. The Morgan fingerprint density at radius 2 is 1.86 bits per heavy atom. The van der Waals surface area contributed by atoms with Crippen LogP contribution >= 0.6 is 0 Å². The van der Waals surface area contributed by atoms with Crippen molar-refractivity contribution in [1.29, 1.82) is 0 Å². The molecule has 4 aromatic rings. The maximum Gasteiger partial charge on any atom is 0.229 e. The van der Waals surface area contributed by atoms with E-state index >= 15 is 0 Å². The molecule has 0 saturated carbocycles. The van der Waals surface area contributed by atoms with Crippen molar-refractivity contribution in [3.05, 3.63) is 36.7 Å². The molecule has 0 aliphatic carbocycles. The van der Waals surface area contributed by atoms with E-state index in [2.05, 4.69) is 53.8 Å². The van der Waals surface area contributed by atoms with Crippen LogP contribution in [0.15, 0.2) is 30.9 Å². The lowest BCUT2D eigenvalue weighted by Crippen LogP contribution is -2.49. The Labute approximate surface area is 293 Å². The first-order valence-corrected chi connectivity index (χ1v) is 17.9. The zero-order valence-electron chi connectivity index (χ0n) is 29.9. The minimum atomic E-state index is -1.15. The van der Waals surface area contributed by atoms with Crippen molar-refractivity contribution in [2.75, 3.05) is 56.9 Å². The monoisotopic (exact) mass is 691 g/mol. The van der Waals surface area contributed by atoms with Gasteiger partial charge in [-0.25, -0.2) is 19.9 Å². The van der Waals surface area contributed by atoms with Crippen molar-refractivity contribution in [3.8, 4) is 0 Å². The molecule has 1 aromatic carbocycles. The smallest absolute Gasteiger partial charge is 0.229 e. The van der Waals surface area contributed by atoms with Gasteiger partial charge in [0.2, 0.25) is 5.91 Å². The molecule has 50 heavy (non-hydrogen) atoms. The number of nitrogens with one attached hydrogen (secondary N) is 2. The summed E-state index contributed by atoms with van der Waals surface area (Å²) in [6.07, 6.45) is 2.15. The molecule has 1 amide bonds. The summed E-state index contributed by atoms with van der Waals surface area (Å²) in [5.41, 5.74) is 8.92. The number of aromatic amines is 1. The fourth-order valence-corrected chi connectivity index (χ4v) is 7.05. The number of hydrogen-bond donors (Lipinski definition) is 5. The molecule has 2 saturated heterocycles. The van der Waals surface area contributed by atoms with Gasteiger partial charge in [0.15, 0.2) is 17.7 Å². The van der Waals surface area contributed by atoms with Crippen molar-refractivity contribution in [1.82, 2.24) is 44.2 Å². The molecule has 0 unspecified atom stereocenters. The molecule has 2 aliphatic rings. The Kier molecular flexibility index (Phi) is 11.0. The molecule has 0 spiro atoms. The van der Waals surface area contributed by atoms with E-state index in [9.17, 15) is 15.0 Å². The summed E-state index contributed by atoms with van der Waals surface area (Å²) in [4.78, 5) is 40.7. The largest absolute Gasteiger partial charge is 0.387 e. The van der Waals surface area contributed by atoms with Crippen molar-refractivity contribution in [3.63, 3.8) is 0 Å². The second-order valence-electron chi connectivity index (χ2n) is 14.6. The van der Waals surface area contributed by atoms with Gasteiger partial charge in [-0.2, -0.15) is 0 Å². The van der Waals surface area contributed by atoms with E-state index in [1.165, 1.54) is 12.7 Å². The Bertz CT molecular complexity index is 1740. The van der Waals surface area contributed by atoms with E-state index < -0.39 is 30.0 Å². The molecule has 6 N–H and O–H groups in total. The molecule has 4 atom stereocenters. The summed E-state index contributed by atoms with van der Waals surface area (Å²) < 4.78 is 8.00. The number of nitrogen functional groups attached to an aromatic ring is 1. The Balaban J connectivity index is 1.10. The Morgan fingerprint density at radius 3 is 2.58 bits per heavy atom. The highest BCUT2D eigenvalue weighted by atomic mass is 16.6. The number of H-pyrrole nitrogens is 1. The number of carbonyl (C=O) groups is 1. The first kappa shape index (κ1) is 36.1. The number of nitrogens with zero attached hydrogens (tertiary/aromatic N) is 8. The van der Waals surface area contributed by atoms with Crippen LogP contribution in [-0.2, 0) is 16.1 Å². The summed E-state index contributed by atoms with van der Waals surface area (Å²) in [7, 11) is 0. The topological polar surface area (TPSA) is 187 Å². The minimum Gasteiger partial charge on any atom is -0.387 e. The predicted molar refractivity (Wildman–Crippen MR) is 192 cm³/mol. The van der Waals surface area contributed by atoms with Gasteiger partial charge in [-0.1, -0.05) is 34.6 Å². The number of rotatable bonds is 13. The van der Waals surface area contributed by atoms with Crippen LogP contribution in [0, 0.1) is 5.41 Å².